The van der Waals surface area contributed by atoms with Crippen molar-refractivity contribution in [2.24, 2.45) is 0 Å². The number of nitro benzene ring substituents is 1. The summed E-state index contributed by atoms with van der Waals surface area (Å²) in [4.78, 5) is 37.8. The number of amides is 2. The van der Waals surface area contributed by atoms with Gasteiger partial charge in [0.1, 0.15) is 12.6 Å². The molecule has 0 saturated carbocycles. The van der Waals surface area contributed by atoms with Crippen LogP contribution < -0.4 is 9.62 Å². The standard InChI is InChI=1S/C25H25ClN4O6S/c1-18(25(32)27-2)28(16-19-7-6-8-20(26)15-19)24(31)17-29(21-11-13-22(14-12-21)30(33)34)37(35,36)23-9-4-3-5-10-23/h3-15,18H,16-17H2,1-2H3,(H,27,32)/t18-/m0/s1. The van der Waals surface area contributed by atoms with Gasteiger partial charge in [-0.25, -0.2) is 8.42 Å². The van der Waals surface area contributed by atoms with E-state index >= 15 is 0 Å². The molecule has 0 radical (unpaired) electrons. The third-order valence-corrected chi connectivity index (χ3v) is 7.64. The molecule has 0 aliphatic heterocycles. The van der Waals surface area contributed by atoms with Crippen LogP contribution in [0.1, 0.15) is 12.5 Å². The Morgan fingerprint density at radius 2 is 1.68 bits per heavy atom. The molecule has 2 amide bonds. The van der Waals surface area contributed by atoms with Gasteiger partial charge in [-0.2, -0.15) is 0 Å². The Morgan fingerprint density at radius 3 is 2.24 bits per heavy atom. The maximum atomic E-state index is 13.6. The molecule has 194 valence electrons. The molecule has 0 heterocycles. The number of nitrogens with one attached hydrogen (secondary N) is 1. The Bertz CT molecular complexity index is 1380. The van der Waals surface area contributed by atoms with Crippen LogP contribution in [0.5, 0.6) is 0 Å². The summed E-state index contributed by atoms with van der Waals surface area (Å²) in [5.41, 5.74) is 0.463. The quantitative estimate of drug-likeness (QED) is 0.306. The molecule has 3 aromatic carbocycles. The molecule has 0 saturated heterocycles. The summed E-state index contributed by atoms with van der Waals surface area (Å²) in [6, 6.07) is 18.2. The van der Waals surface area contributed by atoms with Gasteiger partial charge < -0.3 is 10.2 Å². The fourth-order valence-corrected chi connectivity index (χ4v) is 5.26. The highest BCUT2D eigenvalue weighted by atomic mass is 35.5. The SMILES string of the molecule is CNC(=O)[C@H](C)N(Cc1cccc(Cl)c1)C(=O)CN(c1ccc([N+](=O)[O-])cc1)S(=O)(=O)c1ccccc1. The molecule has 0 unspecified atom stereocenters. The zero-order valence-electron chi connectivity index (χ0n) is 20.1. The van der Waals surface area contributed by atoms with Crippen LogP contribution in [0.3, 0.4) is 0 Å². The summed E-state index contributed by atoms with van der Waals surface area (Å²) in [6.07, 6.45) is 0. The number of hydrogen-bond acceptors (Lipinski definition) is 6. The van der Waals surface area contributed by atoms with E-state index in [9.17, 15) is 28.1 Å². The average Bonchev–Trinajstić information content (AvgIpc) is 2.89. The van der Waals surface area contributed by atoms with Crippen molar-refractivity contribution >= 4 is 44.8 Å². The molecule has 3 aromatic rings. The topological polar surface area (TPSA) is 130 Å². The van der Waals surface area contributed by atoms with Gasteiger partial charge in [-0.3, -0.25) is 24.0 Å². The van der Waals surface area contributed by atoms with Gasteiger partial charge in [-0.05, 0) is 48.9 Å². The summed E-state index contributed by atoms with van der Waals surface area (Å²) in [5, 5.41) is 14.0. The number of non-ortho nitro benzene ring substituents is 1. The molecule has 10 nitrogen and oxygen atoms in total. The van der Waals surface area contributed by atoms with Gasteiger partial charge in [0.15, 0.2) is 0 Å². The number of carbonyl (C=O) groups is 2. The molecule has 37 heavy (non-hydrogen) atoms. The van der Waals surface area contributed by atoms with Gasteiger partial charge in [0.25, 0.3) is 15.7 Å². The Kier molecular flexibility index (Phi) is 8.85. The van der Waals surface area contributed by atoms with Crippen LogP contribution in [-0.2, 0) is 26.2 Å². The lowest BCUT2D eigenvalue weighted by molar-refractivity contribution is -0.384. The number of anilines is 1. The number of likely N-dealkylation sites (N-methyl/N-ethyl adjacent to an activating group) is 1. The summed E-state index contributed by atoms with van der Waals surface area (Å²) < 4.78 is 28.1. The number of hydrogen-bond donors (Lipinski definition) is 1. The molecule has 1 atom stereocenters. The molecule has 0 aromatic heterocycles. The summed E-state index contributed by atoms with van der Waals surface area (Å²) in [7, 11) is -2.82. The molecule has 0 fully saturated rings. The van der Waals surface area contributed by atoms with Crippen molar-refractivity contribution < 1.29 is 22.9 Å². The van der Waals surface area contributed by atoms with Crippen molar-refractivity contribution in [2.75, 3.05) is 17.9 Å². The second kappa shape index (κ2) is 11.8. The Labute approximate surface area is 219 Å². The highest BCUT2D eigenvalue weighted by molar-refractivity contribution is 7.92. The number of carbonyl (C=O) groups excluding carboxylic acids is 2. The number of nitrogens with zero attached hydrogens (tertiary/aromatic N) is 3. The first kappa shape index (κ1) is 27.6. The first-order chi connectivity index (χ1) is 17.5. The zero-order valence-corrected chi connectivity index (χ0v) is 21.6. The second-order valence-corrected chi connectivity index (χ2v) is 10.3. The van der Waals surface area contributed by atoms with Crippen molar-refractivity contribution in [1.82, 2.24) is 10.2 Å². The monoisotopic (exact) mass is 544 g/mol. The van der Waals surface area contributed by atoms with Crippen molar-refractivity contribution in [1.29, 1.82) is 0 Å². The minimum absolute atomic E-state index is 0.00648. The summed E-state index contributed by atoms with van der Waals surface area (Å²) >= 11 is 6.09. The van der Waals surface area contributed by atoms with E-state index in [2.05, 4.69) is 5.32 Å². The molecular formula is C25H25ClN4O6S. The van der Waals surface area contributed by atoms with Crippen molar-refractivity contribution in [3.63, 3.8) is 0 Å². The Balaban J connectivity index is 2.04. The van der Waals surface area contributed by atoms with Crippen LogP contribution >= 0.6 is 11.6 Å². The van der Waals surface area contributed by atoms with Crippen LogP contribution in [-0.4, -0.2) is 49.7 Å². The first-order valence-electron chi connectivity index (χ1n) is 11.1. The third kappa shape index (κ3) is 6.63. The van der Waals surface area contributed by atoms with Gasteiger partial charge in [0, 0.05) is 30.7 Å². The molecule has 0 aliphatic carbocycles. The Hall–Kier alpha value is -3.96. The molecule has 0 spiro atoms. The van der Waals surface area contributed by atoms with Crippen LogP contribution in [0.15, 0.2) is 83.8 Å². The average molecular weight is 545 g/mol. The van der Waals surface area contributed by atoms with E-state index in [-0.39, 0.29) is 22.8 Å². The van der Waals surface area contributed by atoms with Crippen molar-refractivity contribution in [3.05, 3.63) is 99.6 Å². The third-order valence-electron chi connectivity index (χ3n) is 5.61. The first-order valence-corrected chi connectivity index (χ1v) is 12.9. The number of halogens is 1. The predicted octanol–water partition coefficient (Wildman–Crippen LogP) is 3.61. The molecule has 0 bridgehead atoms. The van der Waals surface area contributed by atoms with E-state index in [1.165, 1.54) is 43.1 Å². The lowest BCUT2D eigenvalue weighted by Crippen LogP contribution is -2.50. The number of rotatable bonds is 10. The van der Waals surface area contributed by atoms with Gasteiger partial charge in [-0.15, -0.1) is 0 Å². The van der Waals surface area contributed by atoms with Crippen molar-refractivity contribution in [2.45, 2.75) is 24.4 Å². The fourth-order valence-electron chi connectivity index (χ4n) is 3.61. The number of benzene rings is 3. The van der Waals surface area contributed by atoms with Crippen LogP contribution in [0.4, 0.5) is 11.4 Å². The second-order valence-electron chi connectivity index (χ2n) is 8.04. The van der Waals surface area contributed by atoms with E-state index in [0.717, 1.165) is 16.4 Å². The maximum Gasteiger partial charge on any atom is 0.269 e. The van der Waals surface area contributed by atoms with E-state index in [1.54, 1.807) is 42.5 Å². The van der Waals surface area contributed by atoms with E-state index < -0.39 is 39.3 Å². The minimum atomic E-state index is -4.25. The van der Waals surface area contributed by atoms with E-state index in [1.807, 2.05) is 0 Å². The van der Waals surface area contributed by atoms with Crippen LogP contribution in [0, 0.1) is 10.1 Å². The summed E-state index contributed by atoms with van der Waals surface area (Å²) in [5.74, 6) is -1.10. The molecule has 12 heteroatoms. The fraction of sp³-hybridized carbons (Fsp3) is 0.200. The smallest absolute Gasteiger partial charge is 0.269 e. The van der Waals surface area contributed by atoms with Crippen molar-refractivity contribution in [3.8, 4) is 0 Å². The lowest BCUT2D eigenvalue weighted by atomic mass is 10.1. The number of sulfonamides is 1. The molecule has 3 rings (SSSR count). The highest BCUT2D eigenvalue weighted by Gasteiger charge is 2.32. The molecular weight excluding hydrogens is 520 g/mol. The van der Waals surface area contributed by atoms with E-state index in [4.69, 9.17) is 11.6 Å². The zero-order chi connectivity index (χ0) is 27.2. The maximum absolute atomic E-state index is 13.6. The van der Waals surface area contributed by atoms with Gasteiger partial charge in [0.2, 0.25) is 11.8 Å². The Morgan fingerprint density at radius 1 is 1.03 bits per heavy atom. The lowest BCUT2D eigenvalue weighted by Gasteiger charge is -2.31. The van der Waals surface area contributed by atoms with Crippen LogP contribution in [0.2, 0.25) is 5.02 Å². The largest absolute Gasteiger partial charge is 0.357 e. The normalized spacial score (nSPS) is 11.9. The summed E-state index contributed by atoms with van der Waals surface area (Å²) in [6.45, 7) is 0.869. The minimum Gasteiger partial charge on any atom is -0.357 e. The number of nitro groups is 1. The molecule has 0 aliphatic rings. The van der Waals surface area contributed by atoms with E-state index in [0.29, 0.717) is 10.6 Å². The highest BCUT2D eigenvalue weighted by Crippen LogP contribution is 2.26. The van der Waals surface area contributed by atoms with Crippen LogP contribution in [0.25, 0.3) is 0 Å². The van der Waals surface area contributed by atoms with Gasteiger partial charge in [-0.1, -0.05) is 41.9 Å². The molecule has 1 N–H and O–H groups in total. The van der Waals surface area contributed by atoms with Gasteiger partial charge >= 0.3 is 0 Å². The predicted molar refractivity (Wildman–Crippen MR) is 140 cm³/mol. The van der Waals surface area contributed by atoms with Gasteiger partial charge in [0.05, 0.1) is 15.5 Å².